The molecule has 0 aliphatic carbocycles. The Kier molecular flexibility index (Phi) is 9.37. The number of hydrogen-bond acceptors (Lipinski definition) is 6. The van der Waals surface area contributed by atoms with Crippen LogP contribution in [0.4, 0.5) is 16.2 Å². The van der Waals surface area contributed by atoms with Crippen LogP contribution in [0.25, 0.3) is 0 Å². The predicted molar refractivity (Wildman–Crippen MR) is 155 cm³/mol. The van der Waals surface area contributed by atoms with Crippen LogP contribution >= 0.6 is 23.2 Å². The lowest BCUT2D eigenvalue weighted by Gasteiger charge is -2.22. The van der Waals surface area contributed by atoms with Crippen LogP contribution in [-0.4, -0.2) is 33.3 Å². The van der Waals surface area contributed by atoms with E-state index in [1.165, 1.54) is 27.4 Å². The molecule has 0 saturated carbocycles. The number of halogens is 2. The van der Waals surface area contributed by atoms with Crippen molar-refractivity contribution in [3.8, 4) is 17.2 Å². The first-order valence-corrected chi connectivity index (χ1v) is 12.8. The van der Waals surface area contributed by atoms with E-state index in [-0.39, 0.29) is 11.3 Å². The zero-order valence-corrected chi connectivity index (χ0v) is 23.4. The minimum absolute atomic E-state index is 0.124. The Morgan fingerprint density at radius 1 is 0.650 bits per heavy atom. The number of carbonyl (C=O) groups is 2. The fourth-order valence-electron chi connectivity index (χ4n) is 3.92. The van der Waals surface area contributed by atoms with E-state index in [0.717, 1.165) is 11.1 Å². The summed E-state index contributed by atoms with van der Waals surface area (Å²) in [5.41, 5.74) is 2.56. The Morgan fingerprint density at radius 3 is 1.65 bits per heavy atom. The lowest BCUT2D eigenvalue weighted by molar-refractivity contribution is 0.0594. The van der Waals surface area contributed by atoms with Crippen LogP contribution in [0.1, 0.15) is 27.6 Å². The minimum atomic E-state index is -0.634. The normalized spacial score (nSPS) is 10.6. The van der Waals surface area contributed by atoms with Crippen molar-refractivity contribution in [2.75, 3.05) is 32.0 Å². The lowest BCUT2D eigenvalue weighted by atomic mass is 10.0. The summed E-state index contributed by atoms with van der Waals surface area (Å²) in [7, 11) is 4.30. The van der Waals surface area contributed by atoms with Crippen LogP contribution in [0, 0.1) is 0 Å². The molecule has 0 bridgehead atoms. The van der Waals surface area contributed by atoms with Crippen LogP contribution in [0.15, 0.2) is 84.9 Å². The molecular weight excluding hydrogens is 555 g/mol. The molecule has 0 aromatic heterocycles. The topological polar surface area (TPSA) is 95.1 Å². The number of esters is 1. The molecule has 0 spiro atoms. The van der Waals surface area contributed by atoms with Gasteiger partial charge in [0.1, 0.15) is 17.4 Å². The van der Waals surface area contributed by atoms with E-state index in [4.69, 9.17) is 42.1 Å². The molecule has 0 unspecified atom stereocenters. The van der Waals surface area contributed by atoms with Gasteiger partial charge in [0, 0.05) is 27.5 Å². The number of rotatable bonds is 9. The van der Waals surface area contributed by atoms with Crippen molar-refractivity contribution in [3.05, 3.63) is 112 Å². The number of ether oxygens (including phenoxy) is 4. The summed E-state index contributed by atoms with van der Waals surface area (Å²) >= 11 is 12.2. The Balaban J connectivity index is 1.60. The summed E-state index contributed by atoms with van der Waals surface area (Å²) < 4.78 is 21.9. The Bertz CT molecular complexity index is 1450. The standard InChI is InChI=1S/C30H26Cl2N2O6/c1-37-26-15-13-23(17-27(26)38-2)34-30(36)33-22-12-14-25(24(16-22)29(35)39-3)40-28(18-4-8-20(31)9-5-18)19-6-10-21(32)11-7-19/h4-17,28H,1-3H3,(H2,33,34,36). The summed E-state index contributed by atoms with van der Waals surface area (Å²) in [5.74, 6) is 0.616. The third kappa shape index (κ3) is 6.97. The molecule has 4 aromatic rings. The Labute approximate surface area is 241 Å². The van der Waals surface area contributed by atoms with E-state index in [1.54, 1.807) is 54.6 Å². The largest absolute Gasteiger partial charge is 0.493 e. The van der Waals surface area contributed by atoms with Crippen molar-refractivity contribution < 1.29 is 28.5 Å². The van der Waals surface area contributed by atoms with Gasteiger partial charge in [0.05, 0.1) is 21.3 Å². The Hall–Kier alpha value is -4.40. The van der Waals surface area contributed by atoms with Gasteiger partial charge in [-0.25, -0.2) is 9.59 Å². The van der Waals surface area contributed by atoms with Crippen LogP contribution < -0.4 is 24.8 Å². The number of amides is 2. The monoisotopic (exact) mass is 580 g/mol. The molecular formula is C30H26Cl2N2O6. The number of urea groups is 1. The summed E-state index contributed by atoms with van der Waals surface area (Å²) in [4.78, 5) is 25.5. The number of benzene rings is 4. The average molecular weight is 581 g/mol. The smallest absolute Gasteiger partial charge is 0.341 e. The van der Waals surface area contributed by atoms with E-state index < -0.39 is 18.1 Å². The first-order valence-electron chi connectivity index (χ1n) is 12.0. The summed E-state index contributed by atoms with van der Waals surface area (Å²) in [6.07, 6.45) is -0.593. The van der Waals surface area contributed by atoms with Crippen molar-refractivity contribution in [1.82, 2.24) is 0 Å². The fraction of sp³-hybridized carbons (Fsp3) is 0.133. The zero-order valence-electron chi connectivity index (χ0n) is 21.9. The first kappa shape index (κ1) is 28.6. The van der Waals surface area contributed by atoms with Crippen molar-refractivity contribution in [2.24, 2.45) is 0 Å². The number of nitrogens with one attached hydrogen (secondary N) is 2. The highest BCUT2D eigenvalue weighted by Gasteiger charge is 2.22. The highest BCUT2D eigenvalue weighted by molar-refractivity contribution is 6.30. The molecule has 2 N–H and O–H groups in total. The SMILES string of the molecule is COC(=O)c1cc(NC(=O)Nc2ccc(OC)c(OC)c2)ccc1OC(c1ccc(Cl)cc1)c1ccc(Cl)cc1. The number of hydrogen-bond donors (Lipinski definition) is 2. The average Bonchev–Trinajstić information content (AvgIpc) is 2.97. The van der Waals surface area contributed by atoms with Crippen molar-refractivity contribution in [2.45, 2.75) is 6.10 Å². The molecule has 0 aliphatic heterocycles. The molecule has 0 radical (unpaired) electrons. The van der Waals surface area contributed by atoms with Gasteiger partial charge in [-0.1, -0.05) is 47.5 Å². The number of carbonyl (C=O) groups excluding carboxylic acids is 2. The summed E-state index contributed by atoms with van der Waals surface area (Å²) in [6.45, 7) is 0. The van der Waals surface area contributed by atoms with Crippen molar-refractivity contribution in [3.63, 3.8) is 0 Å². The van der Waals surface area contributed by atoms with E-state index in [9.17, 15) is 9.59 Å². The van der Waals surface area contributed by atoms with Crippen molar-refractivity contribution >= 4 is 46.6 Å². The van der Waals surface area contributed by atoms with Crippen LogP contribution in [0.3, 0.4) is 0 Å². The van der Waals surface area contributed by atoms with Crippen LogP contribution in [0.5, 0.6) is 17.2 Å². The van der Waals surface area contributed by atoms with E-state index in [0.29, 0.717) is 32.9 Å². The first-order chi connectivity index (χ1) is 19.3. The molecule has 0 aliphatic rings. The lowest BCUT2D eigenvalue weighted by Crippen LogP contribution is -2.20. The maximum absolute atomic E-state index is 12.7. The molecule has 0 saturated heterocycles. The number of methoxy groups -OCH3 is 3. The molecule has 2 amide bonds. The highest BCUT2D eigenvalue weighted by Crippen LogP contribution is 2.34. The van der Waals surface area contributed by atoms with Gasteiger partial charge < -0.3 is 29.6 Å². The quantitative estimate of drug-likeness (QED) is 0.198. The van der Waals surface area contributed by atoms with Gasteiger partial charge in [-0.15, -0.1) is 0 Å². The molecule has 0 heterocycles. The van der Waals surface area contributed by atoms with Gasteiger partial charge in [0.2, 0.25) is 0 Å². The van der Waals surface area contributed by atoms with Gasteiger partial charge in [-0.05, 0) is 65.7 Å². The molecule has 206 valence electrons. The van der Waals surface area contributed by atoms with Gasteiger partial charge in [0.15, 0.2) is 11.5 Å². The minimum Gasteiger partial charge on any atom is -0.493 e. The second-order valence-corrected chi connectivity index (χ2v) is 9.33. The predicted octanol–water partition coefficient (Wildman–Crippen LogP) is 7.61. The summed E-state index contributed by atoms with van der Waals surface area (Å²) in [5, 5.41) is 6.60. The third-order valence-corrected chi connectivity index (χ3v) is 6.38. The van der Waals surface area contributed by atoms with E-state index in [1.807, 2.05) is 24.3 Å². The Morgan fingerprint density at radius 2 is 1.15 bits per heavy atom. The third-order valence-electron chi connectivity index (χ3n) is 5.87. The molecule has 40 heavy (non-hydrogen) atoms. The summed E-state index contributed by atoms with van der Waals surface area (Å²) in [6, 6.07) is 23.5. The van der Waals surface area contributed by atoms with Gasteiger partial charge >= 0.3 is 12.0 Å². The van der Waals surface area contributed by atoms with Gasteiger partial charge in [-0.3, -0.25) is 0 Å². The maximum Gasteiger partial charge on any atom is 0.341 e. The maximum atomic E-state index is 12.7. The molecule has 4 rings (SSSR count). The zero-order chi connectivity index (χ0) is 28.6. The van der Waals surface area contributed by atoms with Crippen molar-refractivity contribution in [1.29, 1.82) is 0 Å². The molecule has 8 nitrogen and oxygen atoms in total. The fourth-order valence-corrected chi connectivity index (χ4v) is 4.17. The van der Waals surface area contributed by atoms with E-state index in [2.05, 4.69) is 10.6 Å². The van der Waals surface area contributed by atoms with Gasteiger partial charge in [-0.2, -0.15) is 0 Å². The highest BCUT2D eigenvalue weighted by atomic mass is 35.5. The van der Waals surface area contributed by atoms with Gasteiger partial charge in [0.25, 0.3) is 0 Å². The second-order valence-electron chi connectivity index (χ2n) is 8.45. The molecule has 0 fully saturated rings. The van der Waals surface area contributed by atoms with Crippen LogP contribution in [-0.2, 0) is 4.74 Å². The molecule has 4 aromatic carbocycles. The molecule has 0 atom stereocenters. The van der Waals surface area contributed by atoms with Crippen LogP contribution in [0.2, 0.25) is 10.0 Å². The van der Waals surface area contributed by atoms with E-state index >= 15 is 0 Å². The number of anilines is 2. The second kappa shape index (κ2) is 13.1. The molecule has 10 heteroatoms.